The van der Waals surface area contributed by atoms with Crippen LogP contribution in [0.2, 0.25) is 0 Å². The first-order chi connectivity index (χ1) is 5.00. The maximum atomic E-state index is 10.6. The van der Waals surface area contributed by atoms with Crippen molar-refractivity contribution in [1.29, 1.82) is 0 Å². The molecule has 66 valence electrons. The summed E-state index contributed by atoms with van der Waals surface area (Å²) in [4.78, 5) is 0.431. The number of hydrogen-bond acceptors (Lipinski definition) is 2. The highest BCUT2D eigenvalue weighted by Crippen LogP contribution is 2.27. The van der Waals surface area contributed by atoms with Gasteiger partial charge in [-0.1, -0.05) is 15.9 Å². The second kappa shape index (κ2) is 3.41. The maximum absolute atomic E-state index is 10.6. The quantitative estimate of drug-likeness (QED) is 0.562. The fourth-order valence-electron chi connectivity index (χ4n) is 1.32. The van der Waals surface area contributed by atoms with Crippen LogP contribution in [-0.2, 0) is 10.1 Å². The van der Waals surface area contributed by atoms with Crippen molar-refractivity contribution in [2.24, 2.45) is 0 Å². The topological polar surface area (TPSA) is 54.4 Å². The average Bonchev–Trinajstić information content (AvgIpc) is 1.86. The lowest BCUT2D eigenvalue weighted by atomic mass is 10.0. The summed E-state index contributed by atoms with van der Waals surface area (Å²) in [6, 6.07) is 0. The molecule has 1 N–H and O–H groups in total. The molecular formula is C6H11BrO3S. The zero-order valence-corrected chi connectivity index (χ0v) is 8.44. The summed E-state index contributed by atoms with van der Waals surface area (Å²) >= 11 is 3.41. The molecule has 1 saturated carbocycles. The van der Waals surface area contributed by atoms with Gasteiger partial charge in [-0.05, 0) is 25.7 Å². The standard InChI is InChI=1S/C6H11BrO3S/c7-5-1-3-6(4-2-5)11(8,9)10/h5-6H,1-4H2,(H,8,9,10). The molecule has 0 radical (unpaired) electrons. The van der Waals surface area contributed by atoms with Gasteiger partial charge in [0, 0.05) is 4.83 Å². The molecule has 0 atom stereocenters. The minimum absolute atomic E-state index is 0.431. The molecule has 1 fully saturated rings. The number of halogens is 1. The highest BCUT2D eigenvalue weighted by molar-refractivity contribution is 9.09. The van der Waals surface area contributed by atoms with Crippen molar-refractivity contribution in [1.82, 2.24) is 0 Å². The van der Waals surface area contributed by atoms with E-state index in [-0.39, 0.29) is 0 Å². The van der Waals surface area contributed by atoms with Crippen LogP contribution in [0.3, 0.4) is 0 Å². The Balaban J connectivity index is 2.53. The van der Waals surface area contributed by atoms with Crippen LogP contribution in [0.25, 0.3) is 0 Å². The first-order valence-electron chi connectivity index (χ1n) is 3.60. The van der Waals surface area contributed by atoms with E-state index in [2.05, 4.69) is 15.9 Å². The van der Waals surface area contributed by atoms with Crippen LogP contribution in [0.5, 0.6) is 0 Å². The predicted octanol–water partition coefficient (Wildman–Crippen LogP) is 1.58. The van der Waals surface area contributed by atoms with Gasteiger partial charge in [0.1, 0.15) is 0 Å². The zero-order chi connectivity index (χ0) is 8.48. The first-order valence-corrected chi connectivity index (χ1v) is 6.02. The molecule has 0 amide bonds. The minimum Gasteiger partial charge on any atom is -0.285 e. The molecule has 0 aromatic carbocycles. The molecule has 3 nitrogen and oxygen atoms in total. The average molecular weight is 243 g/mol. The lowest BCUT2D eigenvalue weighted by Gasteiger charge is -2.22. The van der Waals surface area contributed by atoms with Crippen LogP contribution in [-0.4, -0.2) is 23.0 Å². The number of alkyl halides is 1. The lowest BCUT2D eigenvalue weighted by Crippen LogP contribution is -2.26. The van der Waals surface area contributed by atoms with Crippen molar-refractivity contribution in [2.75, 3.05) is 0 Å². The highest BCUT2D eigenvalue weighted by Gasteiger charge is 2.27. The fourth-order valence-corrected chi connectivity index (χ4v) is 2.72. The molecule has 5 heteroatoms. The van der Waals surface area contributed by atoms with E-state index in [1.807, 2.05) is 0 Å². The molecular weight excluding hydrogens is 232 g/mol. The number of hydrogen-bond donors (Lipinski definition) is 1. The van der Waals surface area contributed by atoms with Gasteiger partial charge in [0.15, 0.2) is 0 Å². The van der Waals surface area contributed by atoms with Crippen molar-refractivity contribution >= 4 is 26.0 Å². The van der Waals surface area contributed by atoms with Crippen LogP contribution < -0.4 is 0 Å². The molecule has 0 aromatic heterocycles. The van der Waals surface area contributed by atoms with Gasteiger partial charge in [0.25, 0.3) is 10.1 Å². The van der Waals surface area contributed by atoms with Crippen molar-refractivity contribution in [3.05, 3.63) is 0 Å². The van der Waals surface area contributed by atoms with E-state index >= 15 is 0 Å². The molecule has 0 aromatic rings. The van der Waals surface area contributed by atoms with E-state index in [9.17, 15) is 8.42 Å². The van der Waals surface area contributed by atoms with E-state index in [1.165, 1.54) is 0 Å². The predicted molar refractivity (Wildman–Crippen MR) is 46.5 cm³/mol. The second-order valence-electron chi connectivity index (χ2n) is 2.89. The first kappa shape index (κ1) is 9.48. The normalized spacial score (nSPS) is 33.6. The Morgan fingerprint density at radius 2 is 1.64 bits per heavy atom. The Morgan fingerprint density at radius 1 is 1.18 bits per heavy atom. The van der Waals surface area contributed by atoms with Gasteiger partial charge < -0.3 is 0 Å². The molecule has 0 unspecified atom stereocenters. The van der Waals surface area contributed by atoms with Gasteiger partial charge in [-0.2, -0.15) is 8.42 Å². The fraction of sp³-hybridized carbons (Fsp3) is 1.00. The zero-order valence-electron chi connectivity index (χ0n) is 6.03. The molecule has 0 spiro atoms. The SMILES string of the molecule is O=S(=O)(O)C1CCC(Br)CC1. The molecule has 0 aliphatic heterocycles. The summed E-state index contributed by atoms with van der Waals surface area (Å²) in [7, 11) is -3.77. The monoisotopic (exact) mass is 242 g/mol. The molecule has 1 rings (SSSR count). The van der Waals surface area contributed by atoms with Crippen molar-refractivity contribution < 1.29 is 13.0 Å². The number of rotatable bonds is 1. The van der Waals surface area contributed by atoms with Crippen LogP contribution in [0, 0.1) is 0 Å². The van der Waals surface area contributed by atoms with Crippen molar-refractivity contribution in [3.8, 4) is 0 Å². The Labute approximate surface area is 75.1 Å². The maximum Gasteiger partial charge on any atom is 0.267 e. The minimum atomic E-state index is -3.77. The molecule has 11 heavy (non-hydrogen) atoms. The molecule has 0 heterocycles. The summed E-state index contributed by atoms with van der Waals surface area (Å²) < 4.78 is 30.0. The van der Waals surface area contributed by atoms with E-state index in [4.69, 9.17) is 4.55 Å². The van der Waals surface area contributed by atoms with Gasteiger partial charge in [-0.3, -0.25) is 4.55 Å². The Hall–Kier alpha value is 0.390. The molecule has 1 aliphatic rings. The lowest BCUT2D eigenvalue weighted by molar-refractivity contribution is 0.431. The van der Waals surface area contributed by atoms with Crippen LogP contribution >= 0.6 is 15.9 Å². The van der Waals surface area contributed by atoms with Gasteiger partial charge in [0.05, 0.1) is 5.25 Å². The summed E-state index contributed by atoms with van der Waals surface area (Å²) in [6.45, 7) is 0. The van der Waals surface area contributed by atoms with Gasteiger partial charge in [-0.15, -0.1) is 0 Å². The summed E-state index contributed by atoms with van der Waals surface area (Å²) in [5.74, 6) is 0. The Kier molecular flexibility index (Phi) is 2.94. The Morgan fingerprint density at radius 3 is 2.00 bits per heavy atom. The summed E-state index contributed by atoms with van der Waals surface area (Å²) in [6.07, 6.45) is 2.83. The third-order valence-electron chi connectivity index (χ3n) is 2.02. The smallest absolute Gasteiger partial charge is 0.267 e. The van der Waals surface area contributed by atoms with E-state index < -0.39 is 15.4 Å². The van der Waals surface area contributed by atoms with E-state index in [1.54, 1.807) is 0 Å². The molecule has 1 aliphatic carbocycles. The van der Waals surface area contributed by atoms with E-state index in [0.717, 1.165) is 12.8 Å². The summed E-state index contributed by atoms with van der Waals surface area (Å²) in [5, 5.41) is -0.517. The largest absolute Gasteiger partial charge is 0.285 e. The van der Waals surface area contributed by atoms with Crippen molar-refractivity contribution in [2.45, 2.75) is 35.8 Å². The van der Waals surface area contributed by atoms with Crippen molar-refractivity contribution in [3.63, 3.8) is 0 Å². The van der Waals surface area contributed by atoms with Crippen LogP contribution in [0.4, 0.5) is 0 Å². The van der Waals surface area contributed by atoms with Gasteiger partial charge >= 0.3 is 0 Å². The van der Waals surface area contributed by atoms with Crippen LogP contribution in [0.1, 0.15) is 25.7 Å². The second-order valence-corrected chi connectivity index (χ2v) is 5.88. The highest BCUT2D eigenvalue weighted by atomic mass is 79.9. The molecule has 0 bridgehead atoms. The Bertz CT molecular complexity index is 216. The van der Waals surface area contributed by atoms with E-state index in [0.29, 0.717) is 17.7 Å². The third-order valence-corrected chi connectivity index (χ3v) is 4.25. The van der Waals surface area contributed by atoms with Gasteiger partial charge in [0.2, 0.25) is 0 Å². The van der Waals surface area contributed by atoms with Crippen LogP contribution in [0.15, 0.2) is 0 Å². The third kappa shape index (κ3) is 2.72. The molecule has 0 saturated heterocycles. The summed E-state index contributed by atoms with van der Waals surface area (Å²) in [5.41, 5.74) is 0. The van der Waals surface area contributed by atoms with Gasteiger partial charge in [-0.25, -0.2) is 0 Å².